The zero-order valence-corrected chi connectivity index (χ0v) is 14.0. The van der Waals surface area contributed by atoms with Gasteiger partial charge < -0.3 is 15.4 Å². The van der Waals surface area contributed by atoms with Gasteiger partial charge in [-0.1, -0.05) is 38.1 Å². The van der Waals surface area contributed by atoms with E-state index in [9.17, 15) is 0 Å². The smallest absolute Gasteiger partial charge is 0.175 e. The van der Waals surface area contributed by atoms with Crippen LogP contribution in [-0.2, 0) is 0 Å². The molecule has 116 valence electrons. The summed E-state index contributed by atoms with van der Waals surface area (Å²) < 4.78 is 5.59. The first-order valence-electron chi connectivity index (χ1n) is 7.50. The van der Waals surface area contributed by atoms with Gasteiger partial charge in [-0.3, -0.25) is 0 Å². The van der Waals surface area contributed by atoms with Gasteiger partial charge in [0.15, 0.2) is 5.11 Å². The number of nitrogens with one attached hydrogen (secondary N) is 2. The molecule has 0 aliphatic rings. The van der Waals surface area contributed by atoms with Crippen molar-refractivity contribution in [1.29, 1.82) is 0 Å². The van der Waals surface area contributed by atoms with Crippen LogP contribution in [0.15, 0.2) is 48.5 Å². The molecule has 0 heterocycles. The van der Waals surface area contributed by atoms with Gasteiger partial charge in [0.2, 0.25) is 0 Å². The van der Waals surface area contributed by atoms with E-state index in [-0.39, 0.29) is 0 Å². The second-order valence-electron chi connectivity index (χ2n) is 5.29. The molecular formula is C18H22N2OS. The summed E-state index contributed by atoms with van der Waals surface area (Å²) in [6, 6.07) is 16.1. The highest BCUT2D eigenvalue weighted by Crippen LogP contribution is 2.24. The zero-order chi connectivity index (χ0) is 15.9. The van der Waals surface area contributed by atoms with Gasteiger partial charge in [0, 0.05) is 5.69 Å². The van der Waals surface area contributed by atoms with Crippen molar-refractivity contribution in [2.24, 2.45) is 0 Å². The Hall–Kier alpha value is -2.07. The third-order valence-electron chi connectivity index (χ3n) is 3.25. The summed E-state index contributed by atoms with van der Waals surface area (Å²) in [6.45, 7) is 6.93. The number of para-hydroxylation sites is 2. The maximum Gasteiger partial charge on any atom is 0.175 e. The van der Waals surface area contributed by atoms with Crippen LogP contribution in [0.1, 0.15) is 32.3 Å². The van der Waals surface area contributed by atoms with Crippen molar-refractivity contribution in [2.75, 3.05) is 17.2 Å². The number of ether oxygens (including phenoxy) is 1. The van der Waals surface area contributed by atoms with E-state index in [1.54, 1.807) is 0 Å². The lowest BCUT2D eigenvalue weighted by Gasteiger charge is -2.15. The molecule has 0 aliphatic carbocycles. The average molecular weight is 314 g/mol. The fourth-order valence-electron chi connectivity index (χ4n) is 2.11. The topological polar surface area (TPSA) is 33.3 Å². The Morgan fingerprint density at radius 1 is 1.09 bits per heavy atom. The van der Waals surface area contributed by atoms with E-state index in [0.29, 0.717) is 17.6 Å². The number of hydrogen-bond donors (Lipinski definition) is 2. The lowest BCUT2D eigenvalue weighted by atomic mass is 10.0. The van der Waals surface area contributed by atoms with E-state index >= 15 is 0 Å². The molecule has 22 heavy (non-hydrogen) atoms. The maximum absolute atomic E-state index is 5.59. The molecular weight excluding hydrogens is 292 g/mol. The maximum atomic E-state index is 5.59. The van der Waals surface area contributed by atoms with Crippen molar-refractivity contribution < 1.29 is 4.74 Å². The molecule has 3 nitrogen and oxygen atoms in total. The van der Waals surface area contributed by atoms with Gasteiger partial charge in [0.1, 0.15) is 5.75 Å². The van der Waals surface area contributed by atoms with E-state index < -0.39 is 0 Å². The molecule has 0 aromatic heterocycles. The third-order valence-corrected chi connectivity index (χ3v) is 3.45. The molecule has 0 bridgehead atoms. The molecule has 2 aromatic rings. The van der Waals surface area contributed by atoms with E-state index in [2.05, 4.69) is 36.6 Å². The van der Waals surface area contributed by atoms with Crippen LogP contribution >= 0.6 is 12.2 Å². The van der Waals surface area contributed by atoms with Gasteiger partial charge >= 0.3 is 0 Å². The molecule has 0 fully saturated rings. The van der Waals surface area contributed by atoms with Gasteiger partial charge in [0.25, 0.3) is 0 Å². The fourth-order valence-corrected chi connectivity index (χ4v) is 2.34. The summed E-state index contributed by atoms with van der Waals surface area (Å²) in [5.74, 6) is 1.28. The monoisotopic (exact) mass is 314 g/mol. The van der Waals surface area contributed by atoms with Crippen LogP contribution in [0.2, 0.25) is 0 Å². The number of rotatable bonds is 5. The Morgan fingerprint density at radius 3 is 2.59 bits per heavy atom. The minimum absolute atomic E-state index is 0.488. The molecule has 2 aromatic carbocycles. The van der Waals surface area contributed by atoms with Gasteiger partial charge in [0.05, 0.1) is 12.3 Å². The highest BCUT2D eigenvalue weighted by Gasteiger charge is 2.06. The Balaban J connectivity index is 2.06. The minimum Gasteiger partial charge on any atom is -0.492 e. The van der Waals surface area contributed by atoms with Crippen LogP contribution in [0.5, 0.6) is 5.75 Å². The van der Waals surface area contributed by atoms with Crippen LogP contribution in [0.4, 0.5) is 11.4 Å². The van der Waals surface area contributed by atoms with E-state index in [1.807, 2.05) is 43.3 Å². The largest absolute Gasteiger partial charge is 0.492 e. The Kier molecular flexibility index (Phi) is 5.78. The van der Waals surface area contributed by atoms with Crippen molar-refractivity contribution in [3.8, 4) is 5.75 Å². The molecule has 0 saturated carbocycles. The lowest BCUT2D eigenvalue weighted by molar-refractivity contribution is 0.342. The number of anilines is 2. The second kappa shape index (κ2) is 7.80. The van der Waals surface area contributed by atoms with Crippen LogP contribution < -0.4 is 15.4 Å². The molecule has 2 N–H and O–H groups in total. The minimum atomic E-state index is 0.488. The summed E-state index contributed by atoms with van der Waals surface area (Å²) in [5, 5.41) is 6.96. The Morgan fingerprint density at radius 2 is 1.86 bits per heavy atom. The first kappa shape index (κ1) is 16.3. The van der Waals surface area contributed by atoms with Crippen LogP contribution in [0.25, 0.3) is 0 Å². The molecule has 4 heteroatoms. The van der Waals surface area contributed by atoms with Crippen molar-refractivity contribution >= 4 is 28.7 Å². The summed E-state index contributed by atoms with van der Waals surface area (Å²) in [5.41, 5.74) is 3.13. The normalized spacial score (nSPS) is 10.4. The predicted molar refractivity (Wildman–Crippen MR) is 98.0 cm³/mol. The van der Waals surface area contributed by atoms with Crippen LogP contribution in [0, 0.1) is 0 Å². The van der Waals surface area contributed by atoms with E-state index in [1.165, 1.54) is 5.56 Å². The second-order valence-corrected chi connectivity index (χ2v) is 5.70. The standard InChI is InChI=1S/C18H22N2OS/c1-4-21-17-11-6-5-10-16(17)20-18(22)19-15-9-7-8-14(12-15)13(2)3/h5-13H,4H2,1-3H3,(H2,19,20,22). The summed E-state index contributed by atoms with van der Waals surface area (Å²) in [6.07, 6.45) is 0. The molecule has 0 amide bonds. The highest BCUT2D eigenvalue weighted by molar-refractivity contribution is 7.80. The van der Waals surface area contributed by atoms with Crippen molar-refractivity contribution in [1.82, 2.24) is 0 Å². The molecule has 2 rings (SSSR count). The van der Waals surface area contributed by atoms with E-state index in [0.717, 1.165) is 17.1 Å². The molecule has 0 aliphatic heterocycles. The zero-order valence-electron chi connectivity index (χ0n) is 13.2. The van der Waals surface area contributed by atoms with Crippen molar-refractivity contribution in [3.63, 3.8) is 0 Å². The third kappa shape index (κ3) is 4.46. The fraction of sp³-hybridized carbons (Fsp3) is 0.278. The van der Waals surface area contributed by atoms with Crippen LogP contribution in [0.3, 0.4) is 0 Å². The highest BCUT2D eigenvalue weighted by atomic mass is 32.1. The Bertz CT molecular complexity index is 640. The Labute approximate surface area is 137 Å². The average Bonchev–Trinajstić information content (AvgIpc) is 2.49. The van der Waals surface area contributed by atoms with Gasteiger partial charge in [-0.2, -0.15) is 0 Å². The SMILES string of the molecule is CCOc1ccccc1NC(=S)Nc1cccc(C(C)C)c1. The number of thiocarbonyl (C=S) groups is 1. The molecule has 0 atom stereocenters. The number of benzene rings is 2. The van der Waals surface area contributed by atoms with Crippen molar-refractivity contribution in [2.45, 2.75) is 26.7 Å². The summed E-state index contributed by atoms with van der Waals surface area (Å²) >= 11 is 5.39. The van der Waals surface area contributed by atoms with Gasteiger partial charge in [-0.15, -0.1) is 0 Å². The van der Waals surface area contributed by atoms with Gasteiger partial charge in [-0.25, -0.2) is 0 Å². The molecule has 0 saturated heterocycles. The molecule has 0 spiro atoms. The number of hydrogen-bond acceptors (Lipinski definition) is 2. The first-order valence-corrected chi connectivity index (χ1v) is 7.90. The summed E-state index contributed by atoms with van der Waals surface area (Å²) in [4.78, 5) is 0. The quantitative estimate of drug-likeness (QED) is 0.759. The molecule has 0 unspecified atom stereocenters. The van der Waals surface area contributed by atoms with Crippen LogP contribution in [-0.4, -0.2) is 11.7 Å². The lowest BCUT2D eigenvalue weighted by Crippen LogP contribution is -2.19. The summed E-state index contributed by atoms with van der Waals surface area (Å²) in [7, 11) is 0. The van der Waals surface area contributed by atoms with Gasteiger partial charge in [-0.05, 0) is 54.9 Å². The van der Waals surface area contributed by atoms with E-state index in [4.69, 9.17) is 17.0 Å². The first-order chi connectivity index (χ1) is 10.6. The predicted octanol–water partition coefficient (Wildman–Crippen LogP) is 5.02. The molecule has 0 radical (unpaired) electrons. The van der Waals surface area contributed by atoms with Crippen molar-refractivity contribution in [3.05, 3.63) is 54.1 Å².